The average Bonchev–Trinajstić information content (AvgIpc) is 2.46. The Morgan fingerprint density at radius 2 is 1.18 bits per heavy atom. The van der Waals surface area contributed by atoms with Gasteiger partial charge in [0.25, 0.3) is 0 Å². The molecule has 22 heavy (non-hydrogen) atoms. The zero-order valence-corrected chi connectivity index (χ0v) is 18.5. The molecule has 0 rings (SSSR count). The van der Waals surface area contributed by atoms with Crippen LogP contribution in [0.1, 0.15) is 92.3 Å². The van der Waals surface area contributed by atoms with E-state index in [-0.39, 0.29) is 58.8 Å². The van der Waals surface area contributed by atoms with Gasteiger partial charge in [0.05, 0.1) is 6.61 Å². The molecule has 0 spiro atoms. The average molecular weight is 341 g/mol. The van der Waals surface area contributed by atoms with Crippen molar-refractivity contribution in [1.29, 1.82) is 0 Å². The molecule has 0 aromatic rings. The summed E-state index contributed by atoms with van der Waals surface area (Å²) >= 11 is 0. The minimum Gasteiger partial charge on any atom is -1.00 e. The van der Waals surface area contributed by atoms with Crippen LogP contribution < -0.4 is 51.4 Å². The van der Waals surface area contributed by atoms with Gasteiger partial charge < -0.3 is 10.9 Å². The van der Waals surface area contributed by atoms with E-state index in [0.29, 0.717) is 13.2 Å². The third kappa shape index (κ3) is 23.3. The molecule has 0 unspecified atom stereocenters. The van der Waals surface area contributed by atoms with E-state index in [0.717, 1.165) is 13.0 Å². The first-order chi connectivity index (χ1) is 10.3. The van der Waals surface area contributed by atoms with Crippen LogP contribution >= 0.6 is 0 Å². The zero-order valence-electron chi connectivity index (χ0n) is 16.3. The number of esters is 1. The van der Waals surface area contributed by atoms with Gasteiger partial charge in [-0.05, 0) is 6.42 Å². The molecule has 0 N–H and O–H groups in total. The van der Waals surface area contributed by atoms with Gasteiger partial charge in [0.15, 0.2) is 0 Å². The number of rotatable bonds is 16. The first kappa shape index (κ1) is 25.3. The Labute approximate surface area is 182 Å². The van der Waals surface area contributed by atoms with E-state index in [1.165, 1.54) is 77.6 Å². The molecule has 0 amide bonds. The van der Waals surface area contributed by atoms with Crippen molar-refractivity contribution in [3.8, 4) is 0 Å². The number of ether oxygens (including phenoxy) is 2. The third-order valence-electron chi connectivity index (χ3n) is 3.68. The molecule has 0 saturated carbocycles. The predicted octanol–water partition coefficient (Wildman–Crippen LogP) is 2.38. The number of unbranched alkanes of at least 4 members (excludes halogenated alkanes) is 11. The van der Waals surface area contributed by atoms with Crippen LogP contribution in [-0.2, 0) is 14.3 Å². The molecule has 0 aliphatic carbocycles. The van der Waals surface area contributed by atoms with E-state index in [9.17, 15) is 4.79 Å². The summed E-state index contributed by atoms with van der Waals surface area (Å²) in [5, 5.41) is 0. The normalized spacial score (nSPS) is 10.3. The Morgan fingerprint density at radius 3 is 1.64 bits per heavy atom. The van der Waals surface area contributed by atoms with Crippen LogP contribution in [0, 0.1) is 0 Å². The van der Waals surface area contributed by atoms with Gasteiger partial charge in [-0.15, -0.1) is 0 Å². The largest absolute Gasteiger partial charge is 1.00 e. The van der Waals surface area contributed by atoms with Crippen LogP contribution in [0.15, 0.2) is 0 Å². The van der Waals surface area contributed by atoms with Gasteiger partial charge in [-0.25, -0.2) is 0 Å². The SMILES string of the molecule is CCCCCCCCCCCCCCOCCOC(C)=O.[H-].[K+]. The monoisotopic (exact) mass is 340 g/mol. The fourth-order valence-corrected chi connectivity index (χ4v) is 2.39. The van der Waals surface area contributed by atoms with Crippen molar-refractivity contribution in [3.05, 3.63) is 0 Å². The molecule has 0 aromatic heterocycles. The first-order valence-corrected chi connectivity index (χ1v) is 8.98. The predicted molar refractivity (Wildman–Crippen MR) is 89.6 cm³/mol. The van der Waals surface area contributed by atoms with Crippen LogP contribution in [0.2, 0.25) is 0 Å². The van der Waals surface area contributed by atoms with Gasteiger partial charge in [-0.1, -0.05) is 77.6 Å². The topological polar surface area (TPSA) is 35.5 Å². The van der Waals surface area contributed by atoms with E-state index in [1.54, 1.807) is 0 Å². The maximum atomic E-state index is 10.5. The van der Waals surface area contributed by atoms with Crippen LogP contribution in [0.5, 0.6) is 0 Å². The molecular formula is C18H37KO3. The van der Waals surface area contributed by atoms with Gasteiger partial charge in [0.1, 0.15) is 6.61 Å². The van der Waals surface area contributed by atoms with Gasteiger partial charge in [0.2, 0.25) is 0 Å². The zero-order chi connectivity index (χ0) is 15.6. The summed E-state index contributed by atoms with van der Waals surface area (Å²) in [5.41, 5.74) is 0. The minimum absolute atomic E-state index is 0. The summed E-state index contributed by atoms with van der Waals surface area (Å²) in [7, 11) is 0. The second-order valence-corrected chi connectivity index (χ2v) is 5.84. The summed E-state index contributed by atoms with van der Waals surface area (Å²) in [5.74, 6) is -0.232. The molecule has 0 atom stereocenters. The molecule has 0 bridgehead atoms. The smallest absolute Gasteiger partial charge is 1.00 e. The molecule has 0 heterocycles. The maximum absolute atomic E-state index is 10.5. The van der Waals surface area contributed by atoms with Gasteiger partial charge >= 0.3 is 57.4 Å². The number of hydrogen-bond acceptors (Lipinski definition) is 3. The minimum atomic E-state index is -0.232. The second-order valence-electron chi connectivity index (χ2n) is 5.84. The Balaban J connectivity index is -0.00000200. The van der Waals surface area contributed by atoms with E-state index in [4.69, 9.17) is 9.47 Å². The van der Waals surface area contributed by atoms with Crippen molar-refractivity contribution in [2.45, 2.75) is 90.9 Å². The third-order valence-corrected chi connectivity index (χ3v) is 3.68. The molecule has 0 radical (unpaired) electrons. The number of carbonyl (C=O) groups is 1. The quantitative estimate of drug-likeness (QED) is 0.246. The molecule has 0 aliphatic heterocycles. The molecule has 0 aromatic carbocycles. The fraction of sp³-hybridized carbons (Fsp3) is 0.944. The Hall–Kier alpha value is 1.07. The fourth-order valence-electron chi connectivity index (χ4n) is 2.39. The van der Waals surface area contributed by atoms with Crippen LogP contribution in [-0.4, -0.2) is 25.8 Å². The summed E-state index contributed by atoms with van der Waals surface area (Å²) < 4.78 is 10.2. The molecular weight excluding hydrogens is 303 g/mol. The van der Waals surface area contributed by atoms with Crippen molar-refractivity contribution in [1.82, 2.24) is 0 Å². The molecule has 0 aliphatic rings. The van der Waals surface area contributed by atoms with Gasteiger partial charge in [0, 0.05) is 13.5 Å². The van der Waals surface area contributed by atoms with Crippen molar-refractivity contribution < 1.29 is 67.1 Å². The van der Waals surface area contributed by atoms with Gasteiger partial charge in [-0.2, -0.15) is 0 Å². The standard InChI is InChI=1S/C18H36O3.K.H/c1-3-4-5-6-7-8-9-10-11-12-13-14-15-20-16-17-21-18(2)19;;/h3-17H2,1-2H3;;/q;+1;-1. The van der Waals surface area contributed by atoms with E-state index in [2.05, 4.69) is 6.92 Å². The first-order valence-electron chi connectivity index (χ1n) is 8.98. The van der Waals surface area contributed by atoms with Crippen molar-refractivity contribution in [2.75, 3.05) is 19.8 Å². The number of hydrogen-bond donors (Lipinski definition) is 0. The summed E-state index contributed by atoms with van der Waals surface area (Å²) in [4.78, 5) is 10.5. The van der Waals surface area contributed by atoms with Crippen LogP contribution in [0.25, 0.3) is 0 Å². The van der Waals surface area contributed by atoms with Crippen LogP contribution in [0.3, 0.4) is 0 Å². The number of carbonyl (C=O) groups excluding carboxylic acids is 1. The van der Waals surface area contributed by atoms with E-state index >= 15 is 0 Å². The van der Waals surface area contributed by atoms with Gasteiger partial charge in [-0.3, -0.25) is 4.79 Å². The van der Waals surface area contributed by atoms with Crippen molar-refractivity contribution >= 4 is 5.97 Å². The summed E-state index contributed by atoms with van der Waals surface area (Å²) in [6, 6.07) is 0. The summed E-state index contributed by atoms with van der Waals surface area (Å²) in [6.45, 7) is 5.39. The second kappa shape index (κ2) is 22.1. The van der Waals surface area contributed by atoms with E-state index in [1.807, 2.05) is 0 Å². The maximum Gasteiger partial charge on any atom is 1.00 e. The van der Waals surface area contributed by atoms with Crippen molar-refractivity contribution in [2.24, 2.45) is 0 Å². The Morgan fingerprint density at radius 1 is 0.727 bits per heavy atom. The molecule has 0 fully saturated rings. The Kier molecular flexibility index (Phi) is 25.4. The van der Waals surface area contributed by atoms with Crippen LogP contribution in [0.4, 0.5) is 0 Å². The Bertz CT molecular complexity index is 228. The molecule has 4 heteroatoms. The van der Waals surface area contributed by atoms with Crippen molar-refractivity contribution in [3.63, 3.8) is 0 Å². The molecule has 128 valence electrons. The molecule has 3 nitrogen and oxygen atoms in total. The summed E-state index contributed by atoms with van der Waals surface area (Å²) in [6.07, 6.45) is 16.3. The molecule has 0 saturated heterocycles. The van der Waals surface area contributed by atoms with E-state index < -0.39 is 0 Å².